The highest BCUT2D eigenvalue weighted by atomic mass is 32.1. The molecule has 0 aliphatic carbocycles. The zero-order chi connectivity index (χ0) is 27.4. The molecule has 1 unspecified atom stereocenters. The van der Waals surface area contributed by atoms with Crippen molar-refractivity contribution in [2.75, 3.05) is 13.4 Å². The van der Waals surface area contributed by atoms with E-state index in [1.54, 1.807) is 24.5 Å². The highest BCUT2D eigenvalue weighted by Gasteiger charge is 2.34. The lowest BCUT2D eigenvalue weighted by Gasteiger charge is -2.24. The van der Waals surface area contributed by atoms with Crippen LogP contribution in [0.1, 0.15) is 31.0 Å². The number of aromatic nitrogens is 1. The molecule has 0 bridgehead atoms. The van der Waals surface area contributed by atoms with Gasteiger partial charge in [0.15, 0.2) is 16.3 Å². The van der Waals surface area contributed by atoms with Crippen molar-refractivity contribution in [1.82, 2.24) is 4.57 Å². The molecule has 5 aromatic rings. The van der Waals surface area contributed by atoms with Crippen LogP contribution in [0.5, 0.6) is 11.5 Å². The number of carbonyl (C=O) groups excluding carboxylic acids is 1. The van der Waals surface area contributed by atoms with Crippen molar-refractivity contribution >= 4 is 44.9 Å². The summed E-state index contributed by atoms with van der Waals surface area (Å²) in [4.78, 5) is 32.6. The van der Waals surface area contributed by atoms with E-state index in [9.17, 15) is 9.59 Å². The van der Waals surface area contributed by atoms with Gasteiger partial charge in [0.2, 0.25) is 6.79 Å². The van der Waals surface area contributed by atoms with E-state index in [-0.39, 0.29) is 19.0 Å². The number of benzene rings is 4. The maximum Gasteiger partial charge on any atom is 0.338 e. The molecule has 3 heterocycles. The maximum absolute atomic E-state index is 14.2. The van der Waals surface area contributed by atoms with Crippen molar-refractivity contribution in [1.29, 1.82) is 0 Å². The van der Waals surface area contributed by atoms with Crippen LogP contribution < -0.4 is 24.4 Å². The summed E-state index contributed by atoms with van der Waals surface area (Å²) in [6, 6.07) is 23.3. The van der Waals surface area contributed by atoms with Gasteiger partial charge in [-0.3, -0.25) is 9.36 Å². The number of nitrogens with zero attached hydrogens (tertiary/aromatic N) is 2. The molecule has 0 amide bonds. The van der Waals surface area contributed by atoms with Crippen LogP contribution in [-0.2, 0) is 9.53 Å². The number of rotatable bonds is 4. The molecule has 7 rings (SSSR count). The number of carbonyl (C=O) groups is 1. The van der Waals surface area contributed by atoms with Crippen molar-refractivity contribution in [3.05, 3.63) is 115 Å². The summed E-state index contributed by atoms with van der Waals surface area (Å²) in [6.07, 6.45) is 1.95. The second-order valence-corrected chi connectivity index (χ2v) is 10.7. The van der Waals surface area contributed by atoms with Gasteiger partial charge in [-0.05, 0) is 70.8 Å². The van der Waals surface area contributed by atoms with Crippen LogP contribution in [0.25, 0.3) is 27.6 Å². The van der Waals surface area contributed by atoms with Crippen molar-refractivity contribution < 1.29 is 19.0 Å². The van der Waals surface area contributed by atoms with E-state index < -0.39 is 12.0 Å². The van der Waals surface area contributed by atoms with E-state index in [2.05, 4.69) is 30.3 Å². The van der Waals surface area contributed by atoms with Crippen molar-refractivity contribution in [3.8, 4) is 11.5 Å². The van der Waals surface area contributed by atoms with Gasteiger partial charge in [-0.1, -0.05) is 65.9 Å². The third-order valence-electron chi connectivity index (χ3n) is 7.32. The van der Waals surface area contributed by atoms with E-state index in [1.807, 2.05) is 42.5 Å². The lowest BCUT2D eigenvalue weighted by atomic mass is 9.95. The molecule has 0 radical (unpaired) electrons. The smallest absolute Gasteiger partial charge is 0.338 e. The Kier molecular flexibility index (Phi) is 5.78. The van der Waals surface area contributed by atoms with Crippen LogP contribution in [0.15, 0.2) is 93.9 Å². The normalized spacial score (nSPS) is 16.4. The summed E-state index contributed by atoms with van der Waals surface area (Å²) in [5, 5.41) is 4.31. The van der Waals surface area contributed by atoms with Crippen LogP contribution in [0.2, 0.25) is 0 Å². The van der Waals surface area contributed by atoms with Crippen LogP contribution in [0.4, 0.5) is 0 Å². The number of hydrogen-bond donors (Lipinski definition) is 0. The van der Waals surface area contributed by atoms with E-state index in [0.717, 1.165) is 27.1 Å². The van der Waals surface area contributed by atoms with Crippen molar-refractivity contribution in [3.63, 3.8) is 0 Å². The van der Waals surface area contributed by atoms with Crippen molar-refractivity contribution in [2.45, 2.75) is 19.9 Å². The van der Waals surface area contributed by atoms with Crippen LogP contribution in [-0.4, -0.2) is 23.9 Å². The summed E-state index contributed by atoms with van der Waals surface area (Å²) >= 11 is 1.31. The minimum absolute atomic E-state index is 0.125. The molecule has 8 heteroatoms. The van der Waals surface area contributed by atoms with E-state index in [4.69, 9.17) is 19.2 Å². The van der Waals surface area contributed by atoms with E-state index in [0.29, 0.717) is 37.7 Å². The zero-order valence-electron chi connectivity index (χ0n) is 21.8. The predicted molar refractivity (Wildman–Crippen MR) is 154 cm³/mol. The van der Waals surface area contributed by atoms with Gasteiger partial charge in [0, 0.05) is 0 Å². The molecule has 0 saturated heterocycles. The first-order valence-electron chi connectivity index (χ1n) is 13.0. The molecule has 2 aliphatic heterocycles. The minimum Gasteiger partial charge on any atom is -0.463 e. The van der Waals surface area contributed by atoms with Gasteiger partial charge in [0.05, 0.1) is 28.5 Å². The second-order valence-electron chi connectivity index (χ2n) is 9.65. The fourth-order valence-electron chi connectivity index (χ4n) is 5.53. The molecular formula is C32H24N2O5S. The zero-order valence-corrected chi connectivity index (χ0v) is 22.7. The average molecular weight is 549 g/mol. The lowest BCUT2D eigenvalue weighted by molar-refractivity contribution is -0.139. The topological polar surface area (TPSA) is 79.1 Å². The fraction of sp³-hybridized carbons (Fsp3) is 0.156. The largest absolute Gasteiger partial charge is 0.463 e. The second kappa shape index (κ2) is 9.50. The Balaban J connectivity index is 1.49. The Morgan fingerprint density at radius 1 is 1.02 bits per heavy atom. The first-order chi connectivity index (χ1) is 19.5. The van der Waals surface area contributed by atoms with Gasteiger partial charge < -0.3 is 14.2 Å². The minimum atomic E-state index is -0.726. The molecule has 1 aromatic heterocycles. The van der Waals surface area contributed by atoms with Gasteiger partial charge in [-0.15, -0.1) is 0 Å². The lowest BCUT2D eigenvalue weighted by Crippen LogP contribution is -2.39. The van der Waals surface area contributed by atoms with Crippen LogP contribution in [0.3, 0.4) is 0 Å². The first-order valence-corrected chi connectivity index (χ1v) is 13.8. The Bertz CT molecular complexity index is 2020. The average Bonchev–Trinajstić information content (AvgIpc) is 3.55. The number of allylic oxidation sites excluding steroid dienone is 1. The monoisotopic (exact) mass is 548 g/mol. The third-order valence-corrected chi connectivity index (χ3v) is 8.30. The number of ether oxygens (including phenoxy) is 3. The Labute approximate surface area is 232 Å². The molecule has 0 N–H and O–H groups in total. The molecule has 0 fully saturated rings. The van der Waals surface area contributed by atoms with Gasteiger partial charge in [-0.25, -0.2) is 9.79 Å². The van der Waals surface area contributed by atoms with Crippen LogP contribution >= 0.6 is 11.3 Å². The summed E-state index contributed by atoms with van der Waals surface area (Å²) < 4.78 is 18.7. The summed E-state index contributed by atoms with van der Waals surface area (Å²) in [7, 11) is 0. The molecule has 1 atom stereocenters. The predicted octanol–water partition coefficient (Wildman–Crippen LogP) is 4.83. The first kappa shape index (κ1) is 24.4. The molecule has 0 spiro atoms. The van der Waals surface area contributed by atoms with Crippen molar-refractivity contribution in [2.24, 2.45) is 4.99 Å². The molecule has 2 aliphatic rings. The molecule has 40 heavy (non-hydrogen) atoms. The highest BCUT2D eigenvalue weighted by molar-refractivity contribution is 7.07. The van der Waals surface area contributed by atoms with Gasteiger partial charge in [0.1, 0.15) is 0 Å². The van der Waals surface area contributed by atoms with E-state index in [1.165, 1.54) is 11.3 Å². The van der Waals surface area contributed by atoms with Gasteiger partial charge >= 0.3 is 5.97 Å². The van der Waals surface area contributed by atoms with Gasteiger partial charge in [0.25, 0.3) is 5.56 Å². The number of thiazole rings is 1. The summed E-state index contributed by atoms with van der Waals surface area (Å²) in [5.41, 5.74) is 2.31. The molecule has 4 aromatic carbocycles. The Morgan fingerprint density at radius 2 is 1.73 bits per heavy atom. The third kappa shape index (κ3) is 3.83. The number of fused-ring (bicyclic) bond motifs is 4. The Hall–Kier alpha value is -4.69. The van der Waals surface area contributed by atoms with E-state index >= 15 is 0 Å². The number of esters is 1. The molecule has 198 valence electrons. The molecule has 0 saturated carbocycles. The Morgan fingerprint density at radius 3 is 2.45 bits per heavy atom. The van der Waals surface area contributed by atoms with Crippen LogP contribution in [0, 0.1) is 0 Å². The highest BCUT2D eigenvalue weighted by Crippen LogP contribution is 2.38. The quantitative estimate of drug-likeness (QED) is 0.237. The SMILES string of the molecule is CCOC(=O)C1=C(C)N=c2s/c(=C/c3c4ccccc4cc4ccccc34)c(=O)n2C1c1ccc2c(c1)OCO2. The maximum atomic E-state index is 14.2. The van der Waals surface area contributed by atoms with Gasteiger partial charge in [-0.2, -0.15) is 0 Å². The molecule has 7 nitrogen and oxygen atoms in total. The molecular weight excluding hydrogens is 524 g/mol. The summed E-state index contributed by atoms with van der Waals surface area (Å²) in [6.45, 7) is 3.87. The standard InChI is InChI=1S/C32H24N2O5S/c1-3-37-31(36)28-18(2)33-32-34(29(28)21-12-13-25-26(15-21)39-17-38-25)30(35)27(40-32)16-24-22-10-6-4-8-19(22)14-20-9-5-7-11-23(20)24/h4-16,29H,3,17H2,1-2H3/b27-16+. The number of hydrogen-bond acceptors (Lipinski definition) is 7. The summed E-state index contributed by atoms with van der Waals surface area (Å²) in [5.74, 6) is 0.692. The fourth-order valence-corrected chi connectivity index (χ4v) is 6.55.